The third-order valence-electron chi connectivity index (χ3n) is 2.15. The van der Waals surface area contributed by atoms with Crippen LogP contribution in [0.3, 0.4) is 0 Å². The molecule has 0 fully saturated rings. The Labute approximate surface area is 93.6 Å². The van der Waals surface area contributed by atoms with E-state index in [-0.39, 0.29) is 6.61 Å². The van der Waals surface area contributed by atoms with E-state index in [1.54, 1.807) is 24.5 Å². The summed E-state index contributed by atoms with van der Waals surface area (Å²) in [6.07, 6.45) is 3.30. The Hall–Kier alpha value is -1.94. The molecule has 1 N–H and O–H groups in total. The van der Waals surface area contributed by atoms with Crippen LogP contribution in [0.5, 0.6) is 11.6 Å². The molecule has 16 heavy (non-hydrogen) atoms. The summed E-state index contributed by atoms with van der Waals surface area (Å²) in [4.78, 5) is 8.19. The first-order valence-corrected chi connectivity index (χ1v) is 4.95. The van der Waals surface area contributed by atoms with Crippen molar-refractivity contribution in [3.05, 3.63) is 47.9 Å². The molecule has 0 aliphatic carbocycles. The second kappa shape index (κ2) is 4.72. The predicted molar refractivity (Wildman–Crippen MR) is 59.2 cm³/mol. The Morgan fingerprint density at radius 3 is 2.75 bits per heavy atom. The van der Waals surface area contributed by atoms with Gasteiger partial charge in [-0.25, -0.2) is 4.98 Å². The van der Waals surface area contributed by atoms with E-state index in [0.717, 1.165) is 11.3 Å². The van der Waals surface area contributed by atoms with Crippen LogP contribution in [0.2, 0.25) is 0 Å². The number of hydrogen-bond donors (Lipinski definition) is 1. The Bertz CT molecular complexity index is 469. The lowest BCUT2D eigenvalue weighted by Gasteiger charge is -2.06. The number of aryl methyl sites for hydroxylation is 1. The number of pyridine rings is 2. The Kier molecular flexibility index (Phi) is 3.12. The highest BCUT2D eigenvalue weighted by Gasteiger charge is 2.02. The van der Waals surface area contributed by atoms with Gasteiger partial charge in [-0.3, -0.25) is 4.98 Å². The van der Waals surface area contributed by atoms with Crippen molar-refractivity contribution < 1.29 is 9.84 Å². The van der Waals surface area contributed by atoms with Crippen molar-refractivity contribution in [2.75, 3.05) is 0 Å². The van der Waals surface area contributed by atoms with Gasteiger partial charge in [0.25, 0.3) is 0 Å². The molecule has 0 unspecified atom stereocenters. The van der Waals surface area contributed by atoms with E-state index in [4.69, 9.17) is 9.84 Å². The average molecular weight is 216 g/mol. The quantitative estimate of drug-likeness (QED) is 0.853. The fraction of sp³-hybridized carbons (Fsp3) is 0.167. The van der Waals surface area contributed by atoms with E-state index in [9.17, 15) is 0 Å². The van der Waals surface area contributed by atoms with Crippen LogP contribution in [0.25, 0.3) is 0 Å². The highest BCUT2D eigenvalue weighted by molar-refractivity contribution is 5.30. The topological polar surface area (TPSA) is 55.2 Å². The minimum Gasteiger partial charge on any atom is -0.437 e. The van der Waals surface area contributed by atoms with Crippen molar-refractivity contribution in [1.82, 2.24) is 9.97 Å². The summed E-state index contributed by atoms with van der Waals surface area (Å²) >= 11 is 0. The molecule has 0 amide bonds. The first kappa shape index (κ1) is 10.6. The summed E-state index contributed by atoms with van der Waals surface area (Å²) < 4.78 is 5.55. The summed E-state index contributed by atoms with van der Waals surface area (Å²) in [6, 6.07) is 7.14. The van der Waals surface area contributed by atoms with Crippen LogP contribution in [-0.4, -0.2) is 15.1 Å². The molecule has 2 aromatic heterocycles. The molecule has 0 atom stereocenters. The molecule has 4 heteroatoms. The first-order valence-electron chi connectivity index (χ1n) is 4.95. The standard InChI is InChI=1S/C12H12N2O2/c1-9-11(3-2-6-13-9)16-12-5-4-10(8-15)7-14-12/h2-7,15H,8H2,1H3. The van der Waals surface area contributed by atoms with Gasteiger partial charge >= 0.3 is 0 Å². The highest BCUT2D eigenvalue weighted by Crippen LogP contribution is 2.21. The minimum absolute atomic E-state index is 0.0147. The summed E-state index contributed by atoms with van der Waals surface area (Å²) in [5.74, 6) is 1.18. The van der Waals surface area contributed by atoms with Crippen molar-refractivity contribution in [3.8, 4) is 11.6 Å². The molecule has 4 nitrogen and oxygen atoms in total. The van der Waals surface area contributed by atoms with Crippen LogP contribution >= 0.6 is 0 Å². The van der Waals surface area contributed by atoms with Gasteiger partial charge in [0.2, 0.25) is 5.88 Å². The van der Waals surface area contributed by atoms with Gasteiger partial charge < -0.3 is 9.84 Å². The van der Waals surface area contributed by atoms with Crippen molar-refractivity contribution in [2.45, 2.75) is 13.5 Å². The number of nitrogens with zero attached hydrogens (tertiary/aromatic N) is 2. The van der Waals surface area contributed by atoms with Gasteiger partial charge in [0.1, 0.15) is 0 Å². The maximum absolute atomic E-state index is 8.87. The minimum atomic E-state index is -0.0147. The maximum atomic E-state index is 8.87. The predicted octanol–water partition coefficient (Wildman–Crippen LogP) is 2.07. The van der Waals surface area contributed by atoms with Crippen LogP contribution < -0.4 is 4.74 Å². The second-order valence-corrected chi connectivity index (χ2v) is 3.35. The van der Waals surface area contributed by atoms with Crippen molar-refractivity contribution in [3.63, 3.8) is 0 Å². The summed E-state index contributed by atoms with van der Waals surface area (Å²) in [5, 5.41) is 8.87. The zero-order valence-electron chi connectivity index (χ0n) is 8.92. The molecule has 0 aliphatic rings. The lowest BCUT2D eigenvalue weighted by Crippen LogP contribution is -1.92. The normalized spacial score (nSPS) is 10.1. The van der Waals surface area contributed by atoms with Gasteiger partial charge in [0, 0.05) is 18.5 Å². The number of aliphatic hydroxyl groups excluding tert-OH is 1. The number of ether oxygens (including phenoxy) is 1. The molecule has 2 rings (SSSR count). The van der Waals surface area contributed by atoms with Crippen molar-refractivity contribution >= 4 is 0 Å². The molecule has 0 aliphatic heterocycles. The van der Waals surface area contributed by atoms with Crippen molar-refractivity contribution in [1.29, 1.82) is 0 Å². The lowest BCUT2D eigenvalue weighted by molar-refractivity contribution is 0.281. The smallest absolute Gasteiger partial charge is 0.219 e. The van der Waals surface area contributed by atoms with Gasteiger partial charge in [-0.1, -0.05) is 0 Å². The van der Waals surface area contributed by atoms with E-state index in [0.29, 0.717) is 11.6 Å². The second-order valence-electron chi connectivity index (χ2n) is 3.35. The Balaban J connectivity index is 2.18. The highest BCUT2D eigenvalue weighted by atomic mass is 16.5. The average Bonchev–Trinajstić information content (AvgIpc) is 2.33. The third-order valence-corrected chi connectivity index (χ3v) is 2.15. The molecular formula is C12H12N2O2. The van der Waals surface area contributed by atoms with E-state index in [1.807, 2.05) is 19.1 Å². The van der Waals surface area contributed by atoms with Gasteiger partial charge in [-0.05, 0) is 30.7 Å². The number of rotatable bonds is 3. The Morgan fingerprint density at radius 2 is 2.12 bits per heavy atom. The monoisotopic (exact) mass is 216 g/mol. The van der Waals surface area contributed by atoms with Gasteiger partial charge in [0.05, 0.1) is 12.3 Å². The van der Waals surface area contributed by atoms with Gasteiger partial charge in [-0.2, -0.15) is 0 Å². The molecular weight excluding hydrogens is 204 g/mol. The molecule has 0 bridgehead atoms. The lowest BCUT2D eigenvalue weighted by atomic mass is 10.3. The number of hydrogen-bond acceptors (Lipinski definition) is 4. The van der Waals surface area contributed by atoms with Crippen LogP contribution in [0.15, 0.2) is 36.7 Å². The molecule has 0 spiro atoms. The molecule has 0 radical (unpaired) electrons. The Morgan fingerprint density at radius 1 is 1.25 bits per heavy atom. The van der Waals surface area contributed by atoms with E-state index in [1.165, 1.54) is 0 Å². The van der Waals surface area contributed by atoms with Crippen LogP contribution in [0, 0.1) is 6.92 Å². The fourth-order valence-electron chi connectivity index (χ4n) is 1.25. The first-order chi connectivity index (χ1) is 7.79. The number of aromatic nitrogens is 2. The van der Waals surface area contributed by atoms with Crippen LogP contribution in [0.1, 0.15) is 11.3 Å². The molecule has 0 aromatic carbocycles. The summed E-state index contributed by atoms with van der Waals surface area (Å²) in [6.45, 7) is 1.86. The summed E-state index contributed by atoms with van der Waals surface area (Å²) in [5.41, 5.74) is 1.57. The zero-order chi connectivity index (χ0) is 11.4. The van der Waals surface area contributed by atoms with E-state index < -0.39 is 0 Å². The largest absolute Gasteiger partial charge is 0.437 e. The molecule has 0 saturated heterocycles. The molecule has 82 valence electrons. The molecule has 2 aromatic rings. The molecule has 2 heterocycles. The third kappa shape index (κ3) is 2.35. The van der Waals surface area contributed by atoms with E-state index in [2.05, 4.69) is 9.97 Å². The SMILES string of the molecule is Cc1ncccc1Oc1ccc(CO)cn1. The number of aliphatic hydroxyl groups is 1. The van der Waals surface area contributed by atoms with Crippen LogP contribution in [0.4, 0.5) is 0 Å². The molecule has 0 saturated carbocycles. The summed E-state index contributed by atoms with van der Waals surface area (Å²) in [7, 11) is 0. The van der Waals surface area contributed by atoms with Gasteiger partial charge in [0.15, 0.2) is 5.75 Å². The maximum Gasteiger partial charge on any atom is 0.219 e. The van der Waals surface area contributed by atoms with Gasteiger partial charge in [-0.15, -0.1) is 0 Å². The van der Waals surface area contributed by atoms with Crippen LogP contribution in [-0.2, 0) is 6.61 Å². The fourth-order valence-corrected chi connectivity index (χ4v) is 1.25. The van der Waals surface area contributed by atoms with Crippen molar-refractivity contribution in [2.24, 2.45) is 0 Å². The van der Waals surface area contributed by atoms with E-state index >= 15 is 0 Å². The zero-order valence-corrected chi connectivity index (χ0v) is 8.92.